The van der Waals surface area contributed by atoms with Crippen molar-refractivity contribution in [3.63, 3.8) is 0 Å². The van der Waals surface area contributed by atoms with Crippen molar-refractivity contribution in [2.45, 2.75) is 56.9 Å². The lowest BCUT2D eigenvalue weighted by atomic mass is 9.74. The zero-order chi connectivity index (χ0) is 20.9. The Balaban J connectivity index is 1.74. The number of ether oxygens (including phenoxy) is 1. The molecular weight excluding hydrogens is 412 g/mol. The van der Waals surface area contributed by atoms with Crippen molar-refractivity contribution >= 4 is 27.5 Å². The van der Waals surface area contributed by atoms with Gasteiger partial charge in [-0.25, -0.2) is 8.42 Å². The predicted molar refractivity (Wildman–Crippen MR) is 115 cm³/mol. The molecule has 29 heavy (non-hydrogen) atoms. The van der Waals surface area contributed by atoms with E-state index in [0.29, 0.717) is 44.2 Å². The molecule has 1 aromatic rings. The molecule has 2 heterocycles. The van der Waals surface area contributed by atoms with Crippen LogP contribution in [0.5, 0.6) is 0 Å². The summed E-state index contributed by atoms with van der Waals surface area (Å²) in [4.78, 5) is 13.1. The molecule has 0 bridgehead atoms. The fraction of sp³-hybridized carbons (Fsp3) is 0.667. The molecule has 1 aromatic carbocycles. The number of carbonyl (C=O) groups excluding carboxylic acids is 1. The van der Waals surface area contributed by atoms with E-state index < -0.39 is 16.1 Å². The Bertz CT molecular complexity index is 791. The first kappa shape index (κ1) is 22.5. The van der Waals surface area contributed by atoms with E-state index in [-0.39, 0.29) is 17.1 Å². The Morgan fingerprint density at radius 3 is 2.59 bits per heavy atom. The third kappa shape index (κ3) is 5.32. The van der Waals surface area contributed by atoms with E-state index in [4.69, 9.17) is 16.3 Å². The highest BCUT2D eigenvalue weighted by atomic mass is 35.5. The molecule has 0 spiro atoms. The van der Waals surface area contributed by atoms with Crippen molar-refractivity contribution < 1.29 is 17.9 Å². The van der Waals surface area contributed by atoms with E-state index in [9.17, 15) is 13.2 Å². The van der Waals surface area contributed by atoms with E-state index in [1.165, 1.54) is 4.31 Å². The van der Waals surface area contributed by atoms with Crippen LogP contribution in [0.1, 0.15) is 51.0 Å². The van der Waals surface area contributed by atoms with E-state index in [0.717, 1.165) is 31.2 Å². The van der Waals surface area contributed by atoms with Crippen molar-refractivity contribution in [2.24, 2.45) is 0 Å². The van der Waals surface area contributed by atoms with Gasteiger partial charge < -0.3 is 10.1 Å². The first-order chi connectivity index (χ1) is 13.9. The van der Waals surface area contributed by atoms with Crippen LogP contribution in [-0.2, 0) is 25.0 Å². The van der Waals surface area contributed by atoms with Gasteiger partial charge in [0.15, 0.2) is 0 Å². The van der Waals surface area contributed by atoms with Crippen LogP contribution in [0.2, 0.25) is 5.02 Å². The fourth-order valence-electron chi connectivity index (χ4n) is 4.38. The van der Waals surface area contributed by atoms with Crippen LogP contribution in [0.3, 0.4) is 0 Å². The SMILES string of the molecule is CCCS(=O)(=O)N1CCCCC1C(=O)NCC1(c2ccc(Cl)cc2)CCOCC1. The lowest BCUT2D eigenvalue weighted by molar-refractivity contribution is -0.126. The van der Waals surface area contributed by atoms with Crippen molar-refractivity contribution in [1.82, 2.24) is 9.62 Å². The Hall–Kier alpha value is -1.15. The standard InChI is InChI=1S/C21H31ClN2O4S/c1-2-15-29(26,27)24-12-4-3-5-19(24)20(25)23-16-21(10-13-28-14-11-21)17-6-8-18(22)9-7-17/h6-9,19H,2-5,10-16H2,1H3,(H,23,25). The number of hydrogen-bond donors (Lipinski definition) is 1. The minimum Gasteiger partial charge on any atom is -0.381 e. The number of nitrogens with zero attached hydrogens (tertiary/aromatic N) is 1. The summed E-state index contributed by atoms with van der Waals surface area (Å²) in [5.41, 5.74) is 0.907. The normalized spacial score (nSPS) is 22.9. The number of piperidine rings is 1. The maximum Gasteiger partial charge on any atom is 0.238 e. The van der Waals surface area contributed by atoms with Gasteiger partial charge in [-0.15, -0.1) is 0 Å². The monoisotopic (exact) mass is 442 g/mol. The number of amides is 1. The van der Waals surface area contributed by atoms with Gasteiger partial charge in [0.2, 0.25) is 15.9 Å². The molecule has 2 saturated heterocycles. The highest BCUT2D eigenvalue weighted by molar-refractivity contribution is 7.89. The van der Waals surface area contributed by atoms with E-state index >= 15 is 0 Å². The molecule has 2 fully saturated rings. The highest BCUT2D eigenvalue weighted by Gasteiger charge is 2.39. The fourth-order valence-corrected chi connectivity index (χ4v) is 6.25. The summed E-state index contributed by atoms with van der Waals surface area (Å²) in [7, 11) is -3.41. The largest absolute Gasteiger partial charge is 0.381 e. The van der Waals surface area contributed by atoms with Gasteiger partial charge >= 0.3 is 0 Å². The average Bonchev–Trinajstić information content (AvgIpc) is 2.73. The third-order valence-corrected chi connectivity index (χ3v) is 8.41. The molecule has 0 aliphatic carbocycles. The van der Waals surface area contributed by atoms with Gasteiger partial charge in [0.05, 0.1) is 5.75 Å². The zero-order valence-corrected chi connectivity index (χ0v) is 18.6. The van der Waals surface area contributed by atoms with Crippen molar-refractivity contribution in [2.75, 3.05) is 32.1 Å². The van der Waals surface area contributed by atoms with Crippen LogP contribution in [0.25, 0.3) is 0 Å². The van der Waals surface area contributed by atoms with Crippen molar-refractivity contribution in [1.29, 1.82) is 0 Å². The molecule has 0 radical (unpaired) electrons. The van der Waals surface area contributed by atoms with Crippen LogP contribution in [0.15, 0.2) is 24.3 Å². The van der Waals surface area contributed by atoms with E-state index in [1.807, 2.05) is 31.2 Å². The number of benzene rings is 1. The molecule has 6 nitrogen and oxygen atoms in total. The highest BCUT2D eigenvalue weighted by Crippen LogP contribution is 2.35. The van der Waals surface area contributed by atoms with E-state index in [1.54, 1.807) is 0 Å². The Kier molecular flexibility index (Phi) is 7.59. The Morgan fingerprint density at radius 1 is 1.24 bits per heavy atom. The molecule has 2 aliphatic heterocycles. The molecule has 2 aliphatic rings. The molecule has 0 aromatic heterocycles. The number of nitrogens with one attached hydrogen (secondary N) is 1. The first-order valence-corrected chi connectivity index (χ1v) is 12.5. The summed E-state index contributed by atoms with van der Waals surface area (Å²) >= 11 is 6.05. The number of sulfonamides is 1. The second kappa shape index (κ2) is 9.77. The number of hydrogen-bond acceptors (Lipinski definition) is 4. The summed E-state index contributed by atoms with van der Waals surface area (Å²) in [6, 6.07) is 7.16. The summed E-state index contributed by atoms with van der Waals surface area (Å²) in [6.45, 7) is 4.01. The van der Waals surface area contributed by atoms with Gasteiger partial charge in [0.1, 0.15) is 6.04 Å². The number of carbonyl (C=O) groups is 1. The first-order valence-electron chi connectivity index (χ1n) is 10.5. The van der Waals surface area contributed by atoms with Gasteiger partial charge in [-0.3, -0.25) is 4.79 Å². The molecule has 1 unspecified atom stereocenters. The van der Waals surface area contributed by atoms with Gasteiger partial charge in [0, 0.05) is 36.7 Å². The molecule has 162 valence electrons. The molecule has 0 saturated carbocycles. The lowest BCUT2D eigenvalue weighted by Crippen LogP contribution is -2.54. The molecular formula is C21H31ClN2O4S. The second-order valence-electron chi connectivity index (χ2n) is 8.06. The second-order valence-corrected chi connectivity index (χ2v) is 10.5. The smallest absolute Gasteiger partial charge is 0.238 e. The van der Waals surface area contributed by atoms with Crippen LogP contribution in [0, 0.1) is 0 Å². The molecule has 3 rings (SSSR count). The summed E-state index contributed by atoms with van der Waals surface area (Å²) in [5, 5.41) is 3.77. The Morgan fingerprint density at radius 2 is 1.93 bits per heavy atom. The maximum atomic E-state index is 13.1. The van der Waals surface area contributed by atoms with Gasteiger partial charge in [-0.05, 0) is 49.8 Å². The van der Waals surface area contributed by atoms with Crippen LogP contribution in [0.4, 0.5) is 0 Å². The number of rotatable bonds is 7. The summed E-state index contributed by atoms with van der Waals surface area (Å²) in [5.74, 6) is -0.104. The van der Waals surface area contributed by atoms with Gasteiger partial charge in [0.25, 0.3) is 0 Å². The molecule has 1 atom stereocenters. The molecule has 1 amide bonds. The van der Waals surface area contributed by atoms with E-state index in [2.05, 4.69) is 5.32 Å². The van der Waals surface area contributed by atoms with Crippen molar-refractivity contribution in [3.05, 3.63) is 34.9 Å². The summed E-state index contributed by atoms with van der Waals surface area (Å²) in [6.07, 6.45) is 4.40. The topological polar surface area (TPSA) is 75.7 Å². The quantitative estimate of drug-likeness (QED) is 0.704. The Labute approximate surface area is 179 Å². The van der Waals surface area contributed by atoms with Gasteiger partial charge in [-0.2, -0.15) is 4.31 Å². The minimum atomic E-state index is -3.41. The van der Waals surface area contributed by atoms with Crippen LogP contribution >= 0.6 is 11.6 Å². The third-order valence-electron chi connectivity index (χ3n) is 6.08. The van der Waals surface area contributed by atoms with Crippen molar-refractivity contribution in [3.8, 4) is 0 Å². The van der Waals surface area contributed by atoms with Crippen LogP contribution < -0.4 is 5.32 Å². The number of halogens is 1. The zero-order valence-electron chi connectivity index (χ0n) is 17.0. The molecule has 8 heteroatoms. The molecule has 1 N–H and O–H groups in total. The minimum absolute atomic E-state index is 0.0861. The van der Waals surface area contributed by atoms with Gasteiger partial charge in [-0.1, -0.05) is 37.1 Å². The average molecular weight is 443 g/mol. The maximum absolute atomic E-state index is 13.1. The predicted octanol–water partition coefficient (Wildman–Crippen LogP) is 3.10. The lowest BCUT2D eigenvalue weighted by Gasteiger charge is -2.39. The van der Waals surface area contributed by atoms with Crippen LogP contribution in [-0.4, -0.2) is 56.7 Å². The summed E-state index contributed by atoms with van der Waals surface area (Å²) < 4.78 is 32.3.